The van der Waals surface area contributed by atoms with E-state index in [0.717, 1.165) is 43.0 Å². The highest BCUT2D eigenvalue weighted by Gasteiger charge is 2.46. The number of ether oxygens (including phenoxy) is 1. The minimum Gasteiger partial charge on any atom is -0.371 e. The molecule has 2 unspecified atom stereocenters. The van der Waals surface area contributed by atoms with Crippen molar-refractivity contribution < 1.29 is 47.1 Å². The van der Waals surface area contributed by atoms with Crippen LogP contribution in [0.3, 0.4) is 0 Å². The molecule has 1 saturated carbocycles. The number of Topliss-reactive ketones (excluding diaryl/α,β-unsaturated/α-hetero) is 1. The summed E-state index contributed by atoms with van der Waals surface area (Å²) in [6, 6.07) is 4.83. The zero-order valence-corrected chi connectivity index (χ0v) is 33.1. The summed E-state index contributed by atoms with van der Waals surface area (Å²) in [4.78, 5) is 94.6. The molecule has 0 aromatic heterocycles. The summed E-state index contributed by atoms with van der Waals surface area (Å²) in [6.45, 7) is 8.24. The lowest BCUT2D eigenvalue weighted by Crippen LogP contribution is -2.58. The number of carbonyl (C=O) groups excluding carboxylic acids is 7. The highest BCUT2D eigenvalue weighted by atomic mass is 19.1. The van der Waals surface area contributed by atoms with Crippen LogP contribution in [0.25, 0.3) is 0 Å². The average molecular weight is 797 g/mol. The van der Waals surface area contributed by atoms with Crippen molar-refractivity contribution in [2.45, 2.75) is 122 Å². The van der Waals surface area contributed by atoms with Gasteiger partial charge in [0.2, 0.25) is 29.4 Å². The maximum absolute atomic E-state index is 14.7. The van der Waals surface area contributed by atoms with Crippen molar-refractivity contribution in [1.82, 2.24) is 26.2 Å². The van der Waals surface area contributed by atoms with E-state index in [0.29, 0.717) is 24.8 Å². The van der Waals surface area contributed by atoms with Gasteiger partial charge in [0.15, 0.2) is 0 Å². The second-order valence-electron chi connectivity index (χ2n) is 15.8. The topological polar surface area (TPSA) is 206 Å². The SMILES string of the molecule is CCCC(NC(=O)[C@@H]1C[C@@H](OC(C)(C)C)CN1C(=O)[C@@H](NC(=O)c1c(F)cccc1F)C1CCCCC1)C(=O)C(=O)NCC(=O)NC(C(N)=O)c1cccc(C)c1. The fourth-order valence-electron chi connectivity index (χ4n) is 7.44. The van der Waals surface area contributed by atoms with Crippen LogP contribution in [0.4, 0.5) is 8.78 Å². The van der Waals surface area contributed by atoms with Gasteiger partial charge >= 0.3 is 0 Å². The number of hydrogen-bond acceptors (Lipinski definition) is 8. The van der Waals surface area contributed by atoms with E-state index in [9.17, 15) is 42.3 Å². The Labute approximate surface area is 331 Å². The predicted octanol–water partition coefficient (Wildman–Crippen LogP) is 3.05. The molecule has 0 radical (unpaired) electrons. The number of nitrogens with one attached hydrogen (secondary N) is 4. The first-order valence-electron chi connectivity index (χ1n) is 19.4. The van der Waals surface area contributed by atoms with Crippen LogP contribution in [0.15, 0.2) is 42.5 Å². The number of primary amides is 1. The van der Waals surface area contributed by atoms with Crippen LogP contribution in [0.5, 0.6) is 0 Å². The Morgan fingerprint density at radius 2 is 1.58 bits per heavy atom. The number of ketones is 1. The predicted molar refractivity (Wildman–Crippen MR) is 205 cm³/mol. The van der Waals surface area contributed by atoms with Crippen LogP contribution >= 0.6 is 0 Å². The number of halogens is 2. The Kier molecular flexibility index (Phi) is 15.4. The van der Waals surface area contributed by atoms with Gasteiger partial charge in [-0.3, -0.25) is 33.6 Å². The van der Waals surface area contributed by atoms with Gasteiger partial charge < -0.3 is 36.6 Å². The molecule has 6 N–H and O–H groups in total. The smallest absolute Gasteiger partial charge is 0.290 e. The molecule has 5 atom stereocenters. The van der Waals surface area contributed by atoms with Crippen LogP contribution < -0.4 is 27.0 Å². The normalized spacial score (nSPS) is 18.8. The second kappa shape index (κ2) is 19.7. The maximum Gasteiger partial charge on any atom is 0.290 e. The highest BCUT2D eigenvalue weighted by Crippen LogP contribution is 2.31. The van der Waals surface area contributed by atoms with Gasteiger partial charge in [-0.2, -0.15) is 0 Å². The Morgan fingerprint density at radius 1 is 0.930 bits per heavy atom. The largest absolute Gasteiger partial charge is 0.371 e. The van der Waals surface area contributed by atoms with E-state index in [1.54, 1.807) is 38.1 Å². The molecule has 2 aromatic rings. The Hall–Kier alpha value is -5.25. The third-order valence-electron chi connectivity index (χ3n) is 10.0. The van der Waals surface area contributed by atoms with Gasteiger partial charge in [0.05, 0.1) is 24.3 Å². The highest BCUT2D eigenvalue weighted by molar-refractivity contribution is 6.38. The van der Waals surface area contributed by atoms with Gasteiger partial charge in [-0.05, 0) is 70.6 Å². The monoisotopic (exact) mass is 796 g/mol. The van der Waals surface area contributed by atoms with Crippen molar-refractivity contribution in [2.75, 3.05) is 13.1 Å². The summed E-state index contributed by atoms with van der Waals surface area (Å²) in [5.74, 6) is -8.90. The van der Waals surface area contributed by atoms with Gasteiger partial charge in [-0.15, -0.1) is 0 Å². The molecule has 2 fully saturated rings. The van der Waals surface area contributed by atoms with E-state index >= 15 is 0 Å². The minimum atomic E-state index is -1.34. The number of carbonyl (C=O) groups is 7. The molecule has 14 nitrogen and oxygen atoms in total. The average Bonchev–Trinajstić information content (AvgIpc) is 3.57. The first-order chi connectivity index (χ1) is 26.9. The number of rotatable bonds is 16. The first kappa shape index (κ1) is 44.5. The number of nitrogens with zero attached hydrogens (tertiary/aromatic N) is 1. The molecule has 310 valence electrons. The molecule has 0 bridgehead atoms. The van der Waals surface area contributed by atoms with Gasteiger partial charge in [0, 0.05) is 13.0 Å². The van der Waals surface area contributed by atoms with Crippen LogP contribution in [-0.2, 0) is 33.5 Å². The number of nitrogens with two attached hydrogens (primary N) is 1. The van der Waals surface area contributed by atoms with Crippen molar-refractivity contribution in [3.05, 3.63) is 70.8 Å². The lowest BCUT2D eigenvalue weighted by Gasteiger charge is -2.35. The molecule has 57 heavy (non-hydrogen) atoms. The van der Waals surface area contributed by atoms with E-state index in [4.69, 9.17) is 10.5 Å². The van der Waals surface area contributed by atoms with Crippen LogP contribution in [-0.4, -0.2) is 89.0 Å². The van der Waals surface area contributed by atoms with Crippen molar-refractivity contribution in [3.63, 3.8) is 0 Å². The van der Waals surface area contributed by atoms with Gasteiger partial charge in [0.1, 0.15) is 35.3 Å². The molecular weight excluding hydrogens is 742 g/mol. The van der Waals surface area contributed by atoms with Gasteiger partial charge in [-0.25, -0.2) is 8.78 Å². The van der Waals surface area contributed by atoms with Gasteiger partial charge in [-0.1, -0.05) is 68.5 Å². The fourth-order valence-corrected chi connectivity index (χ4v) is 7.44. The summed E-state index contributed by atoms with van der Waals surface area (Å²) in [7, 11) is 0. The fraction of sp³-hybridized carbons (Fsp3) is 0.537. The number of hydrogen-bond donors (Lipinski definition) is 5. The molecule has 1 saturated heterocycles. The van der Waals surface area contributed by atoms with Crippen LogP contribution in [0.2, 0.25) is 0 Å². The Balaban J connectivity index is 1.51. The number of likely N-dealkylation sites (tertiary alicyclic amines) is 1. The first-order valence-corrected chi connectivity index (χ1v) is 19.4. The molecule has 1 aliphatic heterocycles. The molecule has 16 heteroatoms. The number of amides is 6. The second-order valence-corrected chi connectivity index (χ2v) is 15.8. The van der Waals surface area contributed by atoms with Crippen LogP contribution in [0.1, 0.15) is 107 Å². The van der Waals surface area contributed by atoms with Gasteiger partial charge in [0.25, 0.3) is 11.8 Å². The van der Waals surface area contributed by atoms with E-state index in [1.165, 1.54) is 4.90 Å². The minimum absolute atomic E-state index is 0.0174. The zero-order chi connectivity index (χ0) is 42.0. The van der Waals surface area contributed by atoms with E-state index in [-0.39, 0.29) is 25.3 Å². The summed E-state index contributed by atoms with van der Waals surface area (Å²) in [5, 5.41) is 9.90. The lowest BCUT2D eigenvalue weighted by molar-refractivity contribution is -0.143. The molecule has 2 aromatic carbocycles. The van der Waals surface area contributed by atoms with E-state index in [1.807, 2.05) is 20.8 Å². The summed E-state index contributed by atoms with van der Waals surface area (Å²) >= 11 is 0. The quantitative estimate of drug-likeness (QED) is 0.159. The molecule has 4 rings (SSSR count). The summed E-state index contributed by atoms with van der Waals surface area (Å²) in [5.41, 5.74) is 5.26. The van der Waals surface area contributed by atoms with Crippen LogP contribution in [0, 0.1) is 24.5 Å². The Morgan fingerprint density at radius 3 is 2.18 bits per heavy atom. The van der Waals surface area contributed by atoms with Crippen molar-refractivity contribution in [1.29, 1.82) is 0 Å². The molecule has 0 spiro atoms. The summed E-state index contributed by atoms with van der Waals surface area (Å²) < 4.78 is 35.5. The van der Waals surface area contributed by atoms with Crippen molar-refractivity contribution in [3.8, 4) is 0 Å². The molecular formula is C41H54F2N6O8. The molecule has 1 aliphatic carbocycles. The third kappa shape index (κ3) is 12.1. The van der Waals surface area contributed by atoms with Crippen molar-refractivity contribution >= 4 is 41.2 Å². The van der Waals surface area contributed by atoms with Crippen molar-refractivity contribution in [2.24, 2.45) is 11.7 Å². The van der Waals surface area contributed by atoms with E-state index < -0.39 is 101 Å². The zero-order valence-electron chi connectivity index (χ0n) is 33.1. The molecule has 2 aliphatic rings. The Bertz CT molecular complexity index is 1810. The maximum atomic E-state index is 14.7. The number of benzene rings is 2. The molecule has 6 amide bonds. The summed E-state index contributed by atoms with van der Waals surface area (Å²) in [6.07, 6.45) is 3.34. The standard InChI is InChI=1S/C41H54F2N6O8/c1-6-12-29(35(51)39(55)45-21-31(50)47-33(36(44)52)25-16-10-13-23(2)19-25)46-37(53)30-20-26(57-41(3,4)5)22-49(30)40(56)34(24-14-8-7-9-15-24)48-38(54)32-27(42)17-11-18-28(32)43/h10-11,13,16-19,24,26,29-30,33-34H,6-9,12,14-15,20-22H2,1-5H3,(H2,44,52)(H,45,55)(H,46,53)(H,47,50)(H,48,54)/t26-,29?,30+,33?,34+/m1/s1. The molecule has 1 heterocycles. The number of aryl methyl sites for hydroxylation is 1. The lowest BCUT2D eigenvalue weighted by atomic mass is 9.83. The van der Waals surface area contributed by atoms with E-state index in [2.05, 4.69) is 21.3 Å². The third-order valence-corrected chi connectivity index (χ3v) is 10.0.